The van der Waals surface area contributed by atoms with Crippen LogP contribution in [0.2, 0.25) is 0 Å². The molecular weight excluding hydrogens is 311 g/mol. The number of hydrogen-bond acceptors (Lipinski definition) is 4. The van der Waals surface area contributed by atoms with Crippen LogP contribution >= 0.6 is 23.1 Å². The van der Waals surface area contributed by atoms with Gasteiger partial charge in [-0.1, -0.05) is 17.8 Å². The van der Waals surface area contributed by atoms with Gasteiger partial charge in [0.25, 0.3) is 0 Å². The number of hydrogen-bond donors (Lipinski definition) is 1. The number of thioether (sulfide) groups is 1. The van der Waals surface area contributed by atoms with Crippen molar-refractivity contribution in [1.29, 1.82) is 0 Å². The van der Waals surface area contributed by atoms with Gasteiger partial charge in [-0.05, 0) is 23.6 Å². The van der Waals surface area contributed by atoms with Crippen molar-refractivity contribution in [2.24, 2.45) is 0 Å². The van der Waals surface area contributed by atoms with Gasteiger partial charge in [-0.25, -0.2) is 9.37 Å². The Balaban J connectivity index is 2.03. The largest absolute Gasteiger partial charge is 0.481 e. The van der Waals surface area contributed by atoms with Crippen molar-refractivity contribution in [3.63, 3.8) is 0 Å². The number of thiophene rings is 1. The first-order valence-electron chi connectivity index (χ1n) is 6.16. The number of aromatic nitrogens is 2. The molecular formula is C14H11FN2O2S2. The van der Waals surface area contributed by atoms with Gasteiger partial charge in [0.05, 0.1) is 23.3 Å². The average molecular weight is 322 g/mol. The Hall–Kier alpha value is -1.86. The molecule has 0 fully saturated rings. The summed E-state index contributed by atoms with van der Waals surface area (Å²) in [5.41, 5.74) is 1.34. The molecule has 0 atom stereocenters. The van der Waals surface area contributed by atoms with Gasteiger partial charge in [0.2, 0.25) is 0 Å². The lowest BCUT2D eigenvalue weighted by molar-refractivity contribution is -0.133. The van der Waals surface area contributed by atoms with Gasteiger partial charge >= 0.3 is 5.97 Å². The number of carboxylic acid groups (broad SMARTS) is 1. The summed E-state index contributed by atoms with van der Waals surface area (Å²) >= 11 is 2.76. The third-order valence-electron chi connectivity index (χ3n) is 2.89. The molecule has 1 aromatic carbocycles. The molecule has 3 aromatic rings. The highest BCUT2D eigenvalue weighted by atomic mass is 32.2. The van der Waals surface area contributed by atoms with E-state index in [9.17, 15) is 9.18 Å². The second-order valence-electron chi connectivity index (χ2n) is 4.38. The average Bonchev–Trinajstić information content (AvgIpc) is 3.05. The first kappa shape index (κ1) is 14.1. The molecule has 0 unspecified atom stereocenters. The summed E-state index contributed by atoms with van der Waals surface area (Å²) in [6.07, 6.45) is 0. The highest BCUT2D eigenvalue weighted by Gasteiger charge is 2.14. The van der Waals surface area contributed by atoms with Crippen molar-refractivity contribution in [3.8, 4) is 0 Å². The van der Waals surface area contributed by atoms with Crippen molar-refractivity contribution >= 4 is 40.1 Å². The smallest absolute Gasteiger partial charge is 0.313 e. The number of aliphatic carboxylic acids is 1. The predicted octanol–water partition coefficient (Wildman–Crippen LogP) is 3.46. The van der Waals surface area contributed by atoms with E-state index in [0.717, 1.165) is 22.2 Å². The number of fused-ring (bicyclic) bond motifs is 1. The summed E-state index contributed by atoms with van der Waals surface area (Å²) in [6.45, 7) is 0.599. The third kappa shape index (κ3) is 3.08. The fourth-order valence-electron chi connectivity index (χ4n) is 2.03. The molecule has 3 rings (SSSR count). The highest BCUT2D eigenvalue weighted by molar-refractivity contribution is 7.99. The lowest BCUT2D eigenvalue weighted by Crippen LogP contribution is -2.03. The minimum atomic E-state index is -0.902. The Labute approximate surface area is 128 Å². The zero-order chi connectivity index (χ0) is 14.8. The van der Waals surface area contributed by atoms with E-state index in [0.29, 0.717) is 17.2 Å². The molecule has 0 saturated heterocycles. The van der Waals surface area contributed by atoms with Crippen LogP contribution in [-0.4, -0.2) is 26.4 Å². The summed E-state index contributed by atoms with van der Waals surface area (Å²) in [7, 11) is 0. The summed E-state index contributed by atoms with van der Waals surface area (Å²) in [5, 5.41) is 11.4. The number of carbonyl (C=O) groups is 1. The molecule has 2 heterocycles. The molecule has 0 amide bonds. The van der Waals surface area contributed by atoms with Gasteiger partial charge in [0.15, 0.2) is 5.16 Å². The molecule has 0 bridgehead atoms. The van der Waals surface area contributed by atoms with Gasteiger partial charge in [0.1, 0.15) is 5.82 Å². The Morgan fingerprint density at radius 1 is 1.43 bits per heavy atom. The molecule has 108 valence electrons. The number of rotatable bonds is 5. The summed E-state index contributed by atoms with van der Waals surface area (Å²) in [4.78, 5) is 16.2. The molecule has 0 saturated carbocycles. The number of nitrogens with zero attached hydrogens (tertiary/aromatic N) is 2. The number of benzene rings is 1. The lowest BCUT2D eigenvalue weighted by Gasteiger charge is -2.06. The number of carboxylic acids is 1. The molecule has 0 aliphatic carbocycles. The van der Waals surface area contributed by atoms with Crippen LogP contribution in [0.4, 0.5) is 4.39 Å². The minimum absolute atomic E-state index is 0.0732. The molecule has 0 spiro atoms. The van der Waals surface area contributed by atoms with Gasteiger partial charge in [-0.15, -0.1) is 11.3 Å². The van der Waals surface area contributed by atoms with Crippen molar-refractivity contribution in [2.45, 2.75) is 11.7 Å². The summed E-state index contributed by atoms with van der Waals surface area (Å²) < 4.78 is 15.2. The molecule has 0 aliphatic rings. The highest BCUT2D eigenvalue weighted by Crippen LogP contribution is 2.26. The SMILES string of the molecule is O=C(O)CSc1nc2cc(F)ccc2n1Cc1cccs1. The topological polar surface area (TPSA) is 55.1 Å². The number of halogens is 1. The molecule has 21 heavy (non-hydrogen) atoms. The zero-order valence-electron chi connectivity index (χ0n) is 10.8. The third-order valence-corrected chi connectivity index (χ3v) is 4.72. The van der Waals surface area contributed by atoms with E-state index in [-0.39, 0.29) is 11.6 Å². The standard InChI is InChI=1S/C14H11FN2O2S2/c15-9-3-4-12-11(6-9)16-14(21-8-13(18)19)17(12)7-10-2-1-5-20-10/h1-6H,7-8H2,(H,18,19). The molecule has 0 radical (unpaired) electrons. The van der Waals surface area contributed by atoms with Crippen molar-refractivity contribution in [2.75, 3.05) is 5.75 Å². The van der Waals surface area contributed by atoms with Crippen LogP contribution in [0.3, 0.4) is 0 Å². The summed E-state index contributed by atoms with van der Waals surface area (Å²) in [5.74, 6) is -1.32. The van der Waals surface area contributed by atoms with Crippen LogP contribution in [0.1, 0.15) is 4.88 Å². The van der Waals surface area contributed by atoms with E-state index < -0.39 is 5.97 Å². The van der Waals surface area contributed by atoms with E-state index in [1.165, 1.54) is 12.1 Å². The van der Waals surface area contributed by atoms with Crippen LogP contribution in [0.15, 0.2) is 40.9 Å². The van der Waals surface area contributed by atoms with Crippen LogP contribution in [0.5, 0.6) is 0 Å². The van der Waals surface area contributed by atoms with E-state index in [4.69, 9.17) is 5.11 Å². The Bertz CT molecular complexity index is 784. The molecule has 4 nitrogen and oxygen atoms in total. The second-order valence-corrected chi connectivity index (χ2v) is 6.35. The molecule has 7 heteroatoms. The van der Waals surface area contributed by atoms with Crippen LogP contribution in [0.25, 0.3) is 11.0 Å². The van der Waals surface area contributed by atoms with Gasteiger partial charge in [0, 0.05) is 10.9 Å². The van der Waals surface area contributed by atoms with Crippen molar-refractivity contribution in [3.05, 3.63) is 46.4 Å². The molecule has 1 N–H and O–H groups in total. The lowest BCUT2D eigenvalue weighted by atomic mass is 10.3. The molecule has 0 aliphatic heterocycles. The van der Waals surface area contributed by atoms with E-state index in [2.05, 4.69) is 4.98 Å². The van der Waals surface area contributed by atoms with E-state index >= 15 is 0 Å². The summed E-state index contributed by atoms with van der Waals surface area (Å²) in [6, 6.07) is 8.40. The zero-order valence-corrected chi connectivity index (χ0v) is 12.5. The Morgan fingerprint density at radius 3 is 3.00 bits per heavy atom. The van der Waals surface area contributed by atoms with E-state index in [1.807, 2.05) is 22.1 Å². The first-order chi connectivity index (χ1) is 10.1. The van der Waals surface area contributed by atoms with Gasteiger partial charge in [-0.3, -0.25) is 4.79 Å². The number of imidazole rings is 1. The maximum atomic E-state index is 13.3. The monoisotopic (exact) mass is 322 g/mol. The van der Waals surface area contributed by atoms with Gasteiger partial charge < -0.3 is 9.67 Å². The normalized spacial score (nSPS) is 11.1. The minimum Gasteiger partial charge on any atom is -0.481 e. The van der Waals surface area contributed by atoms with Crippen LogP contribution in [0, 0.1) is 5.82 Å². The van der Waals surface area contributed by atoms with E-state index in [1.54, 1.807) is 17.4 Å². The first-order valence-corrected chi connectivity index (χ1v) is 8.03. The van der Waals surface area contributed by atoms with Gasteiger partial charge in [-0.2, -0.15) is 0 Å². The Kier molecular flexibility index (Phi) is 3.94. The maximum Gasteiger partial charge on any atom is 0.313 e. The maximum absolute atomic E-state index is 13.3. The van der Waals surface area contributed by atoms with Crippen LogP contribution < -0.4 is 0 Å². The quantitative estimate of drug-likeness (QED) is 0.731. The second kappa shape index (κ2) is 5.87. The fraction of sp³-hybridized carbons (Fsp3) is 0.143. The predicted molar refractivity (Wildman–Crippen MR) is 81.5 cm³/mol. The van der Waals surface area contributed by atoms with Crippen LogP contribution in [-0.2, 0) is 11.3 Å². The fourth-order valence-corrected chi connectivity index (χ4v) is 3.46. The van der Waals surface area contributed by atoms with Crippen molar-refractivity contribution in [1.82, 2.24) is 9.55 Å². The molecule has 2 aromatic heterocycles. The Morgan fingerprint density at radius 2 is 2.29 bits per heavy atom. The van der Waals surface area contributed by atoms with Crippen molar-refractivity contribution < 1.29 is 14.3 Å².